The molecule has 22 N–H and O–H groups in total. The molecule has 2 unspecified atom stereocenters. The Morgan fingerprint density at radius 3 is 1.72 bits per heavy atom. The number of aliphatic hydroxyl groups excluding tert-OH is 4. The topological polar surface area (TPSA) is 532 Å². The normalized spacial score (nSPS) is 23.4. The van der Waals surface area contributed by atoms with E-state index in [1.54, 1.807) is 53.7 Å². The monoisotopic (exact) mass is 1390 g/mol. The van der Waals surface area contributed by atoms with Crippen molar-refractivity contribution in [3.63, 3.8) is 0 Å². The van der Waals surface area contributed by atoms with Crippen LogP contribution in [0.25, 0.3) is 11.1 Å². The van der Waals surface area contributed by atoms with Crippen molar-refractivity contribution >= 4 is 76.9 Å². The number of carbonyl (C=O) groups excluding carboxylic acids is 12. The number of esters is 1. The summed E-state index contributed by atoms with van der Waals surface area (Å²) in [6.07, 6.45) is -8.38. The Bertz CT molecular complexity index is 3260. The highest BCUT2D eigenvalue weighted by molar-refractivity contribution is 6.00. The van der Waals surface area contributed by atoms with Gasteiger partial charge >= 0.3 is 5.97 Å². The van der Waals surface area contributed by atoms with Crippen LogP contribution in [0.2, 0.25) is 0 Å². The highest BCUT2D eigenvalue weighted by Crippen LogP contribution is 2.26. The zero-order valence-corrected chi connectivity index (χ0v) is 57.2. The van der Waals surface area contributed by atoms with Crippen LogP contribution in [0.15, 0.2) is 89.9 Å². The van der Waals surface area contributed by atoms with Crippen LogP contribution < -0.4 is 76.1 Å². The molecule has 11 amide bonds. The quantitative estimate of drug-likeness (QED) is 0.0179. The summed E-state index contributed by atoms with van der Waals surface area (Å²) < 4.78 is 5.98. The fourth-order valence-electron chi connectivity index (χ4n) is 10.4. The predicted molar refractivity (Wildman–Crippen MR) is 362 cm³/mol. The molecule has 4 rings (SSSR count). The van der Waals surface area contributed by atoms with Gasteiger partial charge in [0.05, 0.1) is 31.4 Å². The zero-order valence-electron chi connectivity index (χ0n) is 57.2. The minimum absolute atomic E-state index is 0.00534. The lowest BCUT2D eigenvalue weighted by Gasteiger charge is -2.33. The van der Waals surface area contributed by atoms with Gasteiger partial charge in [-0.3, -0.25) is 57.7 Å². The number of rotatable bonds is 24. The number of aliphatic hydroxyl groups is 4. The molecule has 32 heteroatoms. The van der Waals surface area contributed by atoms with E-state index in [2.05, 4.69) is 47.5 Å². The molecule has 1 aliphatic heterocycles. The lowest BCUT2D eigenvalue weighted by molar-refractivity contribution is -0.159. The van der Waals surface area contributed by atoms with Gasteiger partial charge in [-0.05, 0) is 85.0 Å². The number of benzene rings is 3. The van der Waals surface area contributed by atoms with Crippen molar-refractivity contribution in [2.75, 3.05) is 19.7 Å². The Balaban J connectivity index is 1.95. The fraction of sp³-hybridized carbons (Fsp3) is 0.537. The summed E-state index contributed by atoms with van der Waals surface area (Å²) in [5, 5.41) is 68.5. The number of hydrogen-bond donors (Lipinski definition) is 18. The summed E-state index contributed by atoms with van der Waals surface area (Å²) >= 11 is 0. The van der Waals surface area contributed by atoms with Crippen LogP contribution in [0.4, 0.5) is 0 Å². The number of ether oxygens (including phenoxy) is 1. The number of cyclic esters (lactones) is 1. The highest BCUT2D eigenvalue weighted by Gasteiger charge is 2.44. The lowest BCUT2D eigenvalue weighted by atomic mass is 9.95. The van der Waals surface area contributed by atoms with Crippen LogP contribution in [0.5, 0.6) is 0 Å². The first-order chi connectivity index (χ1) is 46.7. The van der Waals surface area contributed by atoms with Gasteiger partial charge in [0.25, 0.3) is 0 Å². The molecule has 0 aliphatic carbocycles. The fourth-order valence-corrected chi connectivity index (χ4v) is 10.4. The maximum Gasteiger partial charge on any atom is 0.331 e. The first-order valence-corrected chi connectivity index (χ1v) is 32.8. The second-order valence-electron chi connectivity index (χ2n) is 25.7. The number of hydrogen-bond acceptors (Lipinski definition) is 19. The largest absolute Gasteiger partial charge is 0.453 e. The van der Waals surface area contributed by atoms with Crippen LogP contribution in [0.3, 0.4) is 0 Å². The molecule has 1 heterocycles. The molecule has 0 aromatic heterocycles. The summed E-state index contributed by atoms with van der Waals surface area (Å²) in [5.74, 6) is -17.4. The van der Waals surface area contributed by atoms with Crippen molar-refractivity contribution in [3.8, 4) is 11.1 Å². The van der Waals surface area contributed by atoms with Crippen molar-refractivity contribution < 1.29 is 82.7 Å². The average molecular weight is 1390 g/mol. The van der Waals surface area contributed by atoms with Crippen molar-refractivity contribution in [3.05, 3.63) is 96.1 Å². The Morgan fingerprint density at radius 1 is 0.616 bits per heavy atom. The summed E-state index contributed by atoms with van der Waals surface area (Å²) in [5.41, 5.74) is 25.4. The van der Waals surface area contributed by atoms with Gasteiger partial charge in [-0.1, -0.05) is 147 Å². The third kappa shape index (κ3) is 25.6. The minimum atomic E-state index is -2.59. The van der Waals surface area contributed by atoms with Gasteiger partial charge in [0.1, 0.15) is 48.3 Å². The molecule has 1 saturated heterocycles. The number of primary amides is 1. The van der Waals surface area contributed by atoms with E-state index in [0.717, 1.165) is 18.1 Å². The van der Waals surface area contributed by atoms with E-state index >= 15 is 14.4 Å². The van der Waals surface area contributed by atoms with Gasteiger partial charge in [0, 0.05) is 6.54 Å². The Kier molecular flexibility index (Phi) is 32.8. The number of carbonyl (C=O) groups is 12. The molecule has 15 atom stereocenters. The number of nitrogens with two attached hydrogens (primary N) is 4. The van der Waals surface area contributed by atoms with Crippen molar-refractivity contribution in [1.29, 1.82) is 0 Å². The lowest BCUT2D eigenvalue weighted by Crippen LogP contribution is -2.64. The Hall–Kier alpha value is -9.63. The van der Waals surface area contributed by atoms with E-state index in [1.807, 2.05) is 53.1 Å². The van der Waals surface area contributed by atoms with Gasteiger partial charge in [-0.2, -0.15) is 0 Å². The highest BCUT2D eigenvalue weighted by atomic mass is 16.5. The Morgan fingerprint density at radius 2 is 1.16 bits per heavy atom. The van der Waals surface area contributed by atoms with E-state index in [-0.39, 0.29) is 62.5 Å². The molecule has 0 saturated carbocycles. The minimum Gasteiger partial charge on any atom is -0.453 e. The zero-order chi connectivity index (χ0) is 74.0. The summed E-state index contributed by atoms with van der Waals surface area (Å²) in [6.45, 7) is 11.7. The molecule has 1 fully saturated rings. The van der Waals surface area contributed by atoms with E-state index < -0.39 is 187 Å². The maximum absolute atomic E-state index is 15.5. The van der Waals surface area contributed by atoms with Crippen LogP contribution >= 0.6 is 0 Å². The van der Waals surface area contributed by atoms with Gasteiger partial charge in [-0.25, -0.2) is 4.79 Å². The summed E-state index contributed by atoms with van der Waals surface area (Å²) in [6, 6.07) is 5.76. The summed E-state index contributed by atoms with van der Waals surface area (Å²) in [7, 11) is 0. The van der Waals surface area contributed by atoms with Crippen LogP contribution in [0.1, 0.15) is 112 Å². The molecule has 3 aromatic rings. The van der Waals surface area contributed by atoms with Crippen LogP contribution in [-0.4, -0.2) is 196 Å². The molecular weight excluding hydrogens is 1290 g/mol. The number of aliphatic imine (C=N–C) groups is 1. The van der Waals surface area contributed by atoms with E-state index in [0.29, 0.717) is 5.56 Å². The van der Waals surface area contributed by atoms with Crippen molar-refractivity contribution in [2.24, 2.45) is 51.6 Å². The van der Waals surface area contributed by atoms with Gasteiger partial charge in [0.15, 0.2) is 24.2 Å². The van der Waals surface area contributed by atoms with Crippen molar-refractivity contribution in [1.82, 2.24) is 53.2 Å². The SMILES string of the molecule is CC[C@H](C)C1NC(=O)[C@@H](CCCN=C(N)N)NC(=O)[C@H](CC(C)C)NC(=O)[C@H]([C@H](O)C(C)C)NC(=O)[C@@H](NC(=O)[C@H](CC(C)C)NC(=O)[C@@H](N)Cc2ccc(-c3ccccc3)cc2)[C@@H](c2ccccc2)OC(=O)[C@H](CO)NC(=O)[C@H]([C@H](O)C(N)=O)NC(=O)CNC(=O)C([C@H](C)O)NC1=O. The second-order valence-corrected chi connectivity index (χ2v) is 25.7. The van der Waals surface area contributed by atoms with Gasteiger partial charge < -0.3 is 101 Å². The van der Waals surface area contributed by atoms with Crippen LogP contribution in [0, 0.1) is 23.7 Å². The number of nitrogens with one attached hydrogen (secondary N) is 10. The summed E-state index contributed by atoms with van der Waals surface area (Å²) in [4.78, 5) is 176. The van der Waals surface area contributed by atoms with Gasteiger partial charge in [0.2, 0.25) is 65.0 Å². The first-order valence-electron chi connectivity index (χ1n) is 32.8. The molecular formula is C67H99N15O17. The van der Waals surface area contributed by atoms with E-state index in [9.17, 15) is 63.6 Å². The molecule has 544 valence electrons. The predicted octanol–water partition coefficient (Wildman–Crippen LogP) is -3.57. The second kappa shape index (κ2) is 39.7. The standard InChI is InChI=1S/C67H99N15O17/c1-10-36(8)48-62(94)80-49(37(9)84)61(93)73-31-47(85)78-51(54(87)56(69)88)64(96)77-46(32-83)66(98)99-55(41-20-15-12-16-21-41)52(82-60(92)45(29-34(4)5)75-57(89)42(68)30-38-23-25-40(26-24-38)39-18-13-11-14-19-39)65(97)81-50(53(86)35(6)7)63(95)76-44(28-33(2)3)59(91)74-43(58(90)79-48)22-17-27-72-67(70)71/h11-16,18-21,23-26,33-37,42-46,48-55,83-84,86-87H,10,17,22,27-32,68H2,1-9H3,(H2,69,88)(H,73,93)(H,74,91)(H,75,89)(H,76,95)(H,77,96)(H,78,85)(H,79,90)(H,80,94)(H,81,97)(H,82,92)(H4,70,71,72)/t36-,37-,42-,43+,44-,45-,46-,48?,49?,50-,51-,52-,53+,54-,55+/m0/s1. The smallest absolute Gasteiger partial charge is 0.331 e. The van der Waals surface area contributed by atoms with Gasteiger partial charge in [-0.15, -0.1) is 0 Å². The molecule has 1 aliphatic rings. The Labute approximate surface area is 574 Å². The van der Waals surface area contributed by atoms with Crippen LogP contribution in [-0.2, 0) is 68.7 Å². The number of amides is 11. The number of guanidine groups is 1. The van der Waals surface area contributed by atoms with E-state index in [4.69, 9.17) is 27.7 Å². The first kappa shape index (κ1) is 81.8. The third-order valence-electron chi connectivity index (χ3n) is 16.2. The third-order valence-corrected chi connectivity index (χ3v) is 16.2. The molecule has 32 nitrogen and oxygen atoms in total. The molecule has 0 radical (unpaired) electrons. The molecule has 99 heavy (non-hydrogen) atoms. The molecule has 3 aromatic carbocycles. The maximum atomic E-state index is 15.5. The molecule has 0 spiro atoms. The number of nitrogens with zero attached hydrogens (tertiary/aromatic N) is 1. The average Bonchev–Trinajstić information content (AvgIpc) is 0.817. The van der Waals surface area contributed by atoms with Crippen molar-refractivity contribution in [2.45, 2.75) is 186 Å². The molecule has 0 bridgehead atoms. The van der Waals surface area contributed by atoms with E-state index in [1.165, 1.54) is 44.2 Å².